The molecule has 0 saturated heterocycles. The van der Waals surface area contributed by atoms with Gasteiger partial charge in [0, 0.05) is 11.6 Å². The molecule has 1 amide bonds. The molecular weight excluding hydrogens is 404 g/mol. The van der Waals surface area contributed by atoms with Crippen molar-refractivity contribution in [1.82, 2.24) is 19.6 Å². The topological polar surface area (TPSA) is 74.0 Å². The molecule has 0 aliphatic heterocycles. The molecule has 0 radical (unpaired) electrons. The van der Waals surface area contributed by atoms with E-state index in [0.717, 1.165) is 29.8 Å². The summed E-state index contributed by atoms with van der Waals surface area (Å²) in [5, 5.41) is 11.4. The number of aromatic nitrogens is 4. The second kappa shape index (κ2) is 8.49. The van der Waals surface area contributed by atoms with Crippen LogP contribution in [0.4, 0.5) is 14.5 Å². The summed E-state index contributed by atoms with van der Waals surface area (Å²) < 4.78 is 34.6. The van der Waals surface area contributed by atoms with Crippen molar-refractivity contribution < 1.29 is 18.3 Å². The Morgan fingerprint density at radius 1 is 1.23 bits per heavy atom. The van der Waals surface area contributed by atoms with Gasteiger partial charge in [0.25, 0.3) is 6.43 Å². The van der Waals surface area contributed by atoms with Gasteiger partial charge in [-0.05, 0) is 50.5 Å². The Hall–Kier alpha value is -3.23. The molecule has 1 aromatic carbocycles. The zero-order chi connectivity index (χ0) is 22.1. The fourth-order valence-corrected chi connectivity index (χ4v) is 3.68. The molecule has 1 N–H and O–H groups in total. The molecule has 0 bridgehead atoms. The third kappa shape index (κ3) is 4.60. The largest absolute Gasteiger partial charge is 0.497 e. The van der Waals surface area contributed by atoms with Gasteiger partial charge in [0.15, 0.2) is 0 Å². The molecule has 7 nitrogen and oxygen atoms in total. The van der Waals surface area contributed by atoms with E-state index >= 15 is 0 Å². The molecule has 164 valence electrons. The van der Waals surface area contributed by atoms with E-state index in [1.165, 1.54) is 10.7 Å². The van der Waals surface area contributed by atoms with E-state index in [2.05, 4.69) is 15.5 Å². The third-order valence-electron chi connectivity index (χ3n) is 5.45. The maximum Gasteiger partial charge on any atom is 0.282 e. The molecule has 2 heterocycles. The summed E-state index contributed by atoms with van der Waals surface area (Å²) in [6.07, 6.45) is -0.780. The van der Waals surface area contributed by atoms with Gasteiger partial charge >= 0.3 is 0 Å². The number of carbonyl (C=O) groups excluding carboxylic acids is 1. The van der Waals surface area contributed by atoms with Gasteiger partial charge in [-0.15, -0.1) is 0 Å². The van der Waals surface area contributed by atoms with E-state index in [0.29, 0.717) is 23.6 Å². The molecule has 4 rings (SSSR count). The van der Waals surface area contributed by atoms with E-state index in [9.17, 15) is 13.6 Å². The Kier molecular flexibility index (Phi) is 5.75. The van der Waals surface area contributed by atoms with Crippen LogP contribution in [0.15, 0.2) is 30.3 Å². The van der Waals surface area contributed by atoms with Crippen molar-refractivity contribution in [2.45, 2.75) is 52.1 Å². The Bertz CT molecular complexity index is 1100. The van der Waals surface area contributed by atoms with Gasteiger partial charge in [-0.3, -0.25) is 14.2 Å². The number of ether oxygens (including phenoxy) is 1. The van der Waals surface area contributed by atoms with Crippen molar-refractivity contribution >= 4 is 11.6 Å². The summed E-state index contributed by atoms with van der Waals surface area (Å²) in [5.74, 6) is 0.654. The average Bonchev–Trinajstić information content (AvgIpc) is 3.45. The summed E-state index contributed by atoms with van der Waals surface area (Å²) in [4.78, 5) is 12.7. The Morgan fingerprint density at radius 3 is 2.68 bits per heavy atom. The summed E-state index contributed by atoms with van der Waals surface area (Å²) in [6.45, 7) is 4.12. The van der Waals surface area contributed by atoms with Crippen LogP contribution in [-0.4, -0.2) is 32.6 Å². The lowest BCUT2D eigenvalue weighted by Crippen LogP contribution is -2.21. The first-order chi connectivity index (χ1) is 14.9. The lowest BCUT2D eigenvalue weighted by molar-refractivity contribution is -0.117. The number of hydrogen-bond acceptors (Lipinski definition) is 4. The molecule has 31 heavy (non-hydrogen) atoms. The van der Waals surface area contributed by atoms with Crippen LogP contribution in [0.2, 0.25) is 0 Å². The second-order valence-electron chi connectivity index (χ2n) is 7.83. The number of anilines is 1. The van der Waals surface area contributed by atoms with Gasteiger partial charge in [0.05, 0.1) is 30.7 Å². The molecule has 1 saturated carbocycles. The summed E-state index contributed by atoms with van der Waals surface area (Å²) in [7, 11) is 1.62. The maximum absolute atomic E-state index is 13.1. The van der Waals surface area contributed by atoms with E-state index in [1.807, 2.05) is 42.8 Å². The summed E-state index contributed by atoms with van der Waals surface area (Å²) >= 11 is 0. The minimum atomic E-state index is -2.65. The van der Waals surface area contributed by atoms with Crippen molar-refractivity contribution in [3.63, 3.8) is 0 Å². The SMILES string of the molecule is COc1cccc(Cn2nc(C)c(NC(=O)Cn3nc(C(F)F)cc3C3CC3)c2C)c1. The van der Waals surface area contributed by atoms with Crippen LogP contribution in [0.5, 0.6) is 5.75 Å². The number of amides is 1. The van der Waals surface area contributed by atoms with Crippen molar-refractivity contribution in [2.75, 3.05) is 12.4 Å². The minimum absolute atomic E-state index is 0.113. The summed E-state index contributed by atoms with van der Waals surface area (Å²) in [6, 6.07) is 9.12. The normalized spacial score (nSPS) is 13.6. The predicted octanol–water partition coefficient (Wildman–Crippen LogP) is 4.21. The van der Waals surface area contributed by atoms with Crippen molar-refractivity contribution in [3.8, 4) is 5.75 Å². The number of nitrogens with one attached hydrogen (secondary N) is 1. The first kappa shape index (κ1) is 21.0. The summed E-state index contributed by atoms with van der Waals surface area (Å²) in [5.41, 5.74) is 3.56. The van der Waals surface area contributed by atoms with Crippen LogP contribution in [-0.2, 0) is 17.9 Å². The molecule has 0 spiro atoms. The second-order valence-corrected chi connectivity index (χ2v) is 7.83. The lowest BCUT2D eigenvalue weighted by Gasteiger charge is -2.09. The molecule has 2 aromatic heterocycles. The molecule has 1 aliphatic carbocycles. The first-order valence-electron chi connectivity index (χ1n) is 10.2. The van der Waals surface area contributed by atoms with Gasteiger partial charge < -0.3 is 10.1 Å². The average molecular weight is 429 g/mol. The molecule has 1 fully saturated rings. The number of hydrogen-bond donors (Lipinski definition) is 1. The number of rotatable bonds is 8. The smallest absolute Gasteiger partial charge is 0.282 e. The number of methoxy groups -OCH3 is 1. The zero-order valence-corrected chi connectivity index (χ0v) is 17.7. The van der Waals surface area contributed by atoms with Crippen LogP contribution in [0.1, 0.15) is 53.5 Å². The van der Waals surface area contributed by atoms with Crippen LogP contribution in [0.25, 0.3) is 0 Å². The maximum atomic E-state index is 13.1. The third-order valence-corrected chi connectivity index (χ3v) is 5.45. The number of aryl methyl sites for hydroxylation is 1. The Morgan fingerprint density at radius 2 is 2.00 bits per heavy atom. The highest BCUT2D eigenvalue weighted by atomic mass is 19.3. The van der Waals surface area contributed by atoms with Crippen LogP contribution >= 0.6 is 0 Å². The number of benzene rings is 1. The standard InChI is InChI=1S/C22H25F2N5O2/c1-13-21(14(2)28(26-13)11-15-5-4-6-17(9-15)31-3)25-20(30)12-29-19(16-7-8-16)10-18(27-29)22(23)24/h4-6,9-10,16,22H,7-8,11-12H2,1-3H3,(H,25,30). The van der Waals surface area contributed by atoms with Crippen LogP contribution < -0.4 is 10.1 Å². The fourth-order valence-electron chi connectivity index (χ4n) is 3.68. The van der Waals surface area contributed by atoms with E-state index in [-0.39, 0.29) is 24.1 Å². The molecule has 9 heteroatoms. The Balaban J connectivity index is 1.49. The van der Waals surface area contributed by atoms with E-state index in [1.54, 1.807) is 7.11 Å². The number of halogens is 2. The highest BCUT2D eigenvalue weighted by Gasteiger charge is 2.30. The predicted molar refractivity (Wildman–Crippen MR) is 112 cm³/mol. The zero-order valence-electron chi connectivity index (χ0n) is 17.7. The van der Waals surface area contributed by atoms with Gasteiger partial charge in [-0.1, -0.05) is 12.1 Å². The molecule has 0 unspecified atom stereocenters. The molecule has 0 atom stereocenters. The van der Waals surface area contributed by atoms with Crippen molar-refractivity contribution in [1.29, 1.82) is 0 Å². The van der Waals surface area contributed by atoms with Gasteiger partial charge in [0.1, 0.15) is 18.0 Å². The van der Waals surface area contributed by atoms with Crippen LogP contribution in [0.3, 0.4) is 0 Å². The Labute approximate surface area is 179 Å². The first-order valence-corrected chi connectivity index (χ1v) is 10.2. The lowest BCUT2D eigenvalue weighted by atomic mass is 10.2. The van der Waals surface area contributed by atoms with Gasteiger partial charge in [-0.25, -0.2) is 8.78 Å². The molecule has 3 aromatic rings. The quantitative estimate of drug-likeness (QED) is 0.582. The van der Waals surface area contributed by atoms with Gasteiger partial charge in [-0.2, -0.15) is 10.2 Å². The molecular formula is C22H25F2N5O2. The fraction of sp³-hybridized carbons (Fsp3) is 0.409. The van der Waals surface area contributed by atoms with Crippen molar-refractivity contribution in [3.05, 3.63) is 58.7 Å². The minimum Gasteiger partial charge on any atom is -0.497 e. The van der Waals surface area contributed by atoms with Crippen LogP contribution in [0, 0.1) is 13.8 Å². The van der Waals surface area contributed by atoms with E-state index in [4.69, 9.17) is 4.74 Å². The van der Waals surface area contributed by atoms with Crippen molar-refractivity contribution in [2.24, 2.45) is 0 Å². The number of alkyl halides is 2. The monoisotopic (exact) mass is 429 g/mol. The molecule has 1 aliphatic rings. The number of nitrogens with zero attached hydrogens (tertiary/aromatic N) is 4. The highest BCUT2D eigenvalue weighted by molar-refractivity contribution is 5.91. The highest BCUT2D eigenvalue weighted by Crippen LogP contribution is 2.41. The number of carbonyl (C=O) groups is 1. The van der Waals surface area contributed by atoms with E-state index < -0.39 is 6.43 Å². The van der Waals surface area contributed by atoms with Gasteiger partial charge in [0.2, 0.25) is 5.91 Å².